The van der Waals surface area contributed by atoms with Crippen LogP contribution in [-0.2, 0) is 0 Å². The molecule has 0 amide bonds. The van der Waals surface area contributed by atoms with Crippen molar-refractivity contribution in [3.05, 3.63) is 352 Å². The highest BCUT2D eigenvalue weighted by Gasteiger charge is 2.21. The summed E-state index contributed by atoms with van der Waals surface area (Å²) in [7, 11) is 0. The highest BCUT2D eigenvalue weighted by Crippen LogP contribution is 2.43. The van der Waals surface area contributed by atoms with E-state index >= 15 is 0 Å². The number of hydrogen-bond donors (Lipinski definition) is 0. The number of rotatable bonds is 14. The molecular weight excluding hydrogens is 1040 g/mol. The van der Waals surface area contributed by atoms with Crippen LogP contribution < -0.4 is 9.80 Å². The van der Waals surface area contributed by atoms with E-state index in [2.05, 4.69) is 371 Å². The van der Waals surface area contributed by atoms with Gasteiger partial charge in [-0.3, -0.25) is 0 Å². The average Bonchev–Trinajstić information content (AvgIpc) is 2.31. The third kappa shape index (κ3) is 10.0. The molecule has 0 atom stereocenters. The van der Waals surface area contributed by atoms with Crippen LogP contribution in [0.25, 0.3) is 100 Å². The van der Waals surface area contributed by atoms with Crippen LogP contribution in [0.4, 0.5) is 34.1 Å². The van der Waals surface area contributed by atoms with E-state index in [4.69, 9.17) is 0 Å². The number of nitrogens with zero attached hydrogens (tertiary/aromatic N) is 4. The van der Waals surface area contributed by atoms with Gasteiger partial charge in [-0.05, 0) is 177 Å². The summed E-state index contributed by atoms with van der Waals surface area (Å²) in [6.07, 6.45) is 0. The Bertz CT molecular complexity index is 4280. The van der Waals surface area contributed by atoms with Gasteiger partial charge < -0.3 is 18.9 Å². The smallest absolute Gasteiger partial charge is 0.0542 e. The van der Waals surface area contributed by atoms with Crippen molar-refractivity contribution >= 4 is 55.9 Å². The van der Waals surface area contributed by atoms with Gasteiger partial charge in [-0.2, -0.15) is 0 Å². The summed E-state index contributed by atoms with van der Waals surface area (Å²) in [6.45, 7) is 0. The summed E-state index contributed by atoms with van der Waals surface area (Å²) in [6, 6.07) is 127. The second-order valence-corrected chi connectivity index (χ2v) is 21.8. The number of benzene rings is 13. The normalized spacial score (nSPS) is 11.3. The zero-order valence-corrected chi connectivity index (χ0v) is 47.3. The average molecular weight is 1100 g/mol. The molecule has 0 aliphatic carbocycles. The van der Waals surface area contributed by atoms with Crippen molar-refractivity contribution in [2.45, 2.75) is 0 Å². The fourth-order valence-corrected chi connectivity index (χ4v) is 12.2. The third-order valence-corrected chi connectivity index (χ3v) is 16.5. The van der Waals surface area contributed by atoms with E-state index in [0.717, 1.165) is 89.8 Å². The molecule has 0 bridgehead atoms. The molecule has 0 fully saturated rings. The first-order valence-electron chi connectivity index (χ1n) is 29.4. The molecule has 0 radical (unpaired) electrons. The van der Waals surface area contributed by atoms with Crippen molar-refractivity contribution in [2.75, 3.05) is 9.80 Å². The Morgan fingerprint density at radius 2 is 0.372 bits per heavy atom. The van der Waals surface area contributed by atoms with Gasteiger partial charge in [0.25, 0.3) is 0 Å². The Labute approximate surface area is 502 Å². The SMILES string of the molecule is c1ccc(-c2ccc(N(c3ccc(-c4ccccc4)cc3)c3ccc(-n4c(-c5ccccc5)cc5cc6c(cc(-c7ccccc7)n6-c6ccc(N(c7ccc(-c8ccccc8)cc7)c7ccc(-c8ccccc8)cc7)cc6)cc54)cc3)cc2)cc1. The van der Waals surface area contributed by atoms with Gasteiger partial charge in [0, 0.05) is 56.3 Å². The third-order valence-electron chi connectivity index (χ3n) is 16.5. The summed E-state index contributed by atoms with van der Waals surface area (Å²) in [5.41, 5.74) is 24.9. The molecule has 13 aromatic carbocycles. The molecule has 4 nitrogen and oxygen atoms in total. The fourth-order valence-electron chi connectivity index (χ4n) is 12.2. The number of aromatic nitrogens is 2. The van der Waals surface area contributed by atoms with Crippen LogP contribution in [0.3, 0.4) is 0 Å². The van der Waals surface area contributed by atoms with Gasteiger partial charge in [0.15, 0.2) is 0 Å². The lowest BCUT2D eigenvalue weighted by molar-refractivity contribution is 1.13. The predicted octanol–water partition coefficient (Wildman–Crippen LogP) is 22.5. The van der Waals surface area contributed by atoms with Gasteiger partial charge in [-0.25, -0.2) is 0 Å². The summed E-state index contributed by atoms with van der Waals surface area (Å²) in [5, 5.41) is 2.30. The van der Waals surface area contributed by atoms with Gasteiger partial charge in [0.05, 0.1) is 22.4 Å². The van der Waals surface area contributed by atoms with Crippen molar-refractivity contribution in [2.24, 2.45) is 0 Å². The Morgan fingerprint density at radius 1 is 0.174 bits per heavy atom. The van der Waals surface area contributed by atoms with Gasteiger partial charge >= 0.3 is 0 Å². The quantitative estimate of drug-likeness (QED) is 0.108. The van der Waals surface area contributed by atoms with E-state index in [-0.39, 0.29) is 0 Å². The number of anilines is 6. The minimum Gasteiger partial charge on any atom is -0.311 e. The standard InChI is InChI=1S/C82H58N4/c1-7-19-59(20-8-1)63-31-39-71(40-32-63)83(72-41-33-64(34-42-72)60-21-9-2-10-22-60)75-47-51-77(52-48-75)85-79(67-27-15-5-16-28-67)55-69-58-82-70(57-81(69)85)56-80(68-29-17-6-18-30-68)86(82)78-53-49-76(50-54-78)84(73-43-35-65(36-44-73)61-23-11-3-12-24-61)74-45-37-66(38-46-74)62-25-13-4-14-26-62/h1-58H. The first-order valence-corrected chi connectivity index (χ1v) is 29.4. The number of hydrogen-bond acceptors (Lipinski definition) is 2. The monoisotopic (exact) mass is 1100 g/mol. The van der Waals surface area contributed by atoms with Gasteiger partial charge in [-0.1, -0.05) is 231 Å². The maximum absolute atomic E-state index is 2.43. The topological polar surface area (TPSA) is 16.3 Å². The molecule has 0 aliphatic rings. The number of fused-ring (bicyclic) bond motifs is 2. The Kier molecular flexibility index (Phi) is 13.6. The lowest BCUT2D eigenvalue weighted by Crippen LogP contribution is -2.10. The van der Waals surface area contributed by atoms with Gasteiger partial charge in [0.1, 0.15) is 0 Å². The highest BCUT2D eigenvalue weighted by atomic mass is 15.1. The van der Waals surface area contributed by atoms with Crippen LogP contribution in [-0.4, -0.2) is 9.13 Å². The van der Waals surface area contributed by atoms with E-state index in [1.807, 2.05) is 0 Å². The van der Waals surface area contributed by atoms with E-state index in [9.17, 15) is 0 Å². The molecule has 0 unspecified atom stereocenters. The van der Waals surface area contributed by atoms with Crippen molar-refractivity contribution in [3.8, 4) is 78.4 Å². The summed E-state index contributed by atoms with van der Waals surface area (Å²) < 4.78 is 4.87. The molecule has 0 aliphatic heterocycles. The lowest BCUT2D eigenvalue weighted by atomic mass is 10.0. The van der Waals surface area contributed by atoms with Crippen LogP contribution in [0, 0.1) is 0 Å². The molecule has 0 saturated carbocycles. The van der Waals surface area contributed by atoms with E-state index in [1.165, 1.54) is 44.5 Å². The van der Waals surface area contributed by atoms with Crippen LogP contribution in [0.2, 0.25) is 0 Å². The van der Waals surface area contributed by atoms with Crippen molar-refractivity contribution in [1.29, 1.82) is 0 Å². The maximum Gasteiger partial charge on any atom is 0.0542 e. The minimum absolute atomic E-state index is 1.06. The first kappa shape index (κ1) is 51.4. The second-order valence-electron chi connectivity index (χ2n) is 21.8. The fraction of sp³-hybridized carbons (Fsp3) is 0. The largest absolute Gasteiger partial charge is 0.311 e. The summed E-state index contributed by atoms with van der Waals surface area (Å²) in [5.74, 6) is 0. The Hall–Kier alpha value is -11.5. The molecule has 4 heteroatoms. The Morgan fingerprint density at radius 3 is 0.605 bits per heavy atom. The van der Waals surface area contributed by atoms with Crippen molar-refractivity contribution in [1.82, 2.24) is 9.13 Å². The van der Waals surface area contributed by atoms with Crippen molar-refractivity contribution in [3.63, 3.8) is 0 Å². The van der Waals surface area contributed by atoms with Crippen LogP contribution in [0.5, 0.6) is 0 Å². The molecule has 0 spiro atoms. The molecule has 0 saturated heterocycles. The minimum atomic E-state index is 1.06. The van der Waals surface area contributed by atoms with Crippen LogP contribution in [0.15, 0.2) is 352 Å². The van der Waals surface area contributed by atoms with Crippen LogP contribution >= 0.6 is 0 Å². The lowest BCUT2D eigenvalue weighted by Gasteiger charge is -2.26. The first-order chi connectivity index (χ1) is 42.6. The molecule has 86 heavy (non-hydrogen) atoms. The maximum atomic E-state index is 2.43. The molecule has 2 aromatic heterocycles. The van der Waals surface area contributed by atoms with Crippen molar-refractivity contribution < 1.29 is 0 Å². The molecular formula is C82H58N4. The molecule has 0 N–H and O–H groups in total. The second kappa shape index (κ2) is 22.7. The van der Waals surface area contributed by atoms with E-state index in [1.54, 1.807) is 0 Å². The van der Waals surface area contributed by atoms with E-state index < -0.39 is 0 Å². The summed E-state index contributed by atoms with van der Waals surface area (Å²) >= 11 is 0. The van der Waals surface area contributed by atoms with Gasteiger partial charge in [0.2, 0.25) is 0 Å². The zero-order chi connectivity index (χ0) is 57.2. The molecule has 15 aromatic rings. The molecule has 2 heterocycles. The molecule has 15 rings (SSSR count). The molecule has 406 valence electrons. The highest BCUT2D eigenvalue weighted by molar-refractivity contribution is 6.02. The van der Waals surface area contributed by atoms with Crippen LogP contribution in [0.1, 0.15) is 0 Å². The summed E-state index contributed by atoms with van der Waals surface area (Å²) in [4.78, 5) is 4.71. The Balaban J connectivity index is 0.829. The van der Waals surface area contributed by atoms with Gasteiger partial charge in [-0.15, -0.1) is 0 Å². The zero-order valence-electron chi connectivity index (χ0n) is 47.3. The van der Waals surface area contributed by atoms with E-state index in [0.29, 0.717) is 0 Å². The predicted molar refractivity (Wildman–Crippen MR) is 362 cm³/mol.